The van der Waals surface area contributed by atoms with Crippen LogP contribution in [-0.2, 0) is 14.3 Å². The highest BCUT2D eigenvalue weighted by molar-refractivity contribution is 8.03. The Kier molecular flexibility index (Phi) is 6.27. The molecule has 0 bridgehead atoms. The van der Waals surface area contributed by atoms with Crippen LogP contribution in [0.15, 0.2) is 41.2 Å². The van der Waals surface area contributed by atoms with Crippen LogP contribution in [0.2, 0.25) is 0 Å². The Morgan fingerprint density at radius 1 is 1.04 bits per heavy atom. The third kappa shape index (κ3) is 4.15. The van der Waals surface area contributed by atoms with Gasteiger partial charge in [0.15, 0.2) is 17.3 Å². The van der Waals surface area contributed by atoms with Crippen molar-refractivity contribution in [3.05, 3.63) is 41.2 Å². The van der Waals surface area contributed by atoms with Gasteiger partial charge in [0.2, 0.25) is 5.78 Å². The number of anilines is 1. The van der Waals surface area contributed by atoms with Crippen molar-refractivity contribution in [2.75, 3.05) is 39.0 Å². The number of hydrogen-bond acceptors (Lipinski definition) is 9. The summed E-state index contributed by atoms with van der Waals surface area (Å²) in [6, 6.07) is 3.45. The van der Waals surface area contributed by atoms with Crippen LogP contribution in [0.1, 0.15) is 0 Å². The predicted octanol–water partition coefficient (Wildman–Crippen LogP) is 2.36. The van der Waals surface area contributed by atoms with E-state index in [-0.39, 0.29) is 17.3 Å². The molecule has 0 atom stereocenters. The molecule has 0 radical (unpaired) electrons. The average molecular weight is 401 g/mol. The highest BCUT2D eigenvalue weighted by Crippen LogP contribution is 2.34. The Bertz CT molecular complexity index is 987. The van der Waals surface area contributed by atoms with E-state index in [0.717, 1.165) is 0 Å². The van der Waals surface area contributed by atoms with Crippen molar-refractivity contribution in [2.24, 2.45) is 0 Å². The number of carbonyl (C=O) groups is 2. The fraction of sp³-hybridized carbons (Fsp3) is 0.263. The van der Waals surface area contributed by atoms with E-state index in [2.05, 4.69) is 15.3 Å². The van der Waals surface area contributed by atoms with Gasteiger partial charge in [-0.25, -0.2) is 9.97 Å². The highest BCUT2D eigenvalue weighted by atomic mass is 32.2. The van der Waals surface area contributed by atoms with Gasteiger partial charge < -0.3 is 19.5 Å². The SMILES string of the molecule is COCCOc1cc2ncnc(NC3=CC(=O)C(SC)=CC3=O)c2cc1OC. The third-order valence-corrected chi connectivity index (χ3v) is 4.74. The summed E-state index contributed by atoms with van der Waals surface area (Å²) < 4.78 is 16.1. The molecule has 8 nitrogen and oxygen atoms in total. The molecule has 28 heavy (non-hydrogen) atoms. The summed E-state index contributed by atoms with van der Waals surface area (Å²) >= 11 is 1.24. The van der Waals surface area contributed by atoms with E-state index in [1.165, 1.54) is 37.4 Å². The number of fused-ring (bicyclic) bond motifs is 1. The predicted molar refractivity (Wildman–Crippen MR) is 107 cm³/mol. The van der Waals surface area contributed by atoms with E-state index in [9.17, 15) is 9.59 Å². The molecule has 1 aliphatic carbocycles. The van der Waals surface area contributed by atoms with Crippen molar-refractivity contribution in [3.63, 3.8) is 0 Å². The summed E-state index contributed by atoms with van der Waals surface area (Å²) in [5, 5.41) is 3.57. The quantitative estimate of drug-likeness (QED) is 0.528. The molecule has 0 spiro atoms. The van der Waals surface area contributed by atoms with Crippen molar-refractivity contribution in [2.45, 2.75) is 0 Å². The van der Waals surface area contributed by atoms with E-state index in [1.54, 1.807) is 25.5 Å². The van der Waals surface area contributed by atoms with Gasteiger partial charge in [0, 0.05) is 30.7 Å². The average Bonchev–Trinajstić information content (AvgIpc) is 2.70. The van der Waals surface area contributed by atoms with E-state index in [1.807, 2.05) is 0 Å². The van der Waals surface area contributed by atoms with Gasteiger partial charge in [0.1, 0.15) is 18.8 Å². The molecule has 9 heteroatoms. The van der Waals surface area contributed by atoms with Gasteiger partial charge >= 0.3 is 0 Å². The first kappa shape index (κ1) is 19.8. The molecule has 1 aromatic carbocycles. The minimum absolute atomic E-state index is 0.155. The second kappa shape index (κ2) is 8.85. The van der Waals surface area contributed by atoms with Gasteiger partial charge in [-0.15, -0.1) is 11.8 Å². The van der Waals surface area contributed by atoms with Crippen LogP contribution in [0.25, 0.3) is 10.9 Å². The number of benzene rings is 1. The third-order valence-electron chi connectivity index (χ3n) is 3.98. The number of aromatic nitrogens is 2. The Hall–Kier alpha value is -2.91. The number of thioether (sulfide) groups is 1. The minimum Gasteiger partial charge on any atom is -0.493 e. The first-order chi connectivity index (χ1) is 13.6. The van der Waals surface area contributed by atoms with Crippen molar-refractivity contribution in [3.8, 4) is 11.5 Å². The van der Waals surface area contributed by atoms with Crippen LogP contribution < -0.4 is 14.8 Å². The van der Waals surface area contributed by atoms with E-state index >= 15 is 0 Å². The number of ether oxygens (including phenoxy) is 3. The maximum atomic E-state index is 12.3. The Labute approximate surface area is 166 Å². The largest absolute Gasteiger partial charge is 0.493 e. The molecule has 0 unspecified atom stereocenters. The number of nitrogens with zero attached hydrogens (tertiary/aromatic N) is 2. The van der Waals surface area contributed by atoms with Crippen molar-refractivity contribution >= 4 is 40.0 Å². The molecule has 1 N–H and O–H groups in total. The minimum atomic E-state index is -0.290. The summed E-state index contributed by atoms with van der Waals surface area (Å²) in [4.78, 5) is 33.2. The summed E-state index contributed by atoms with van der Waals surface area (Å²) in [6.45, 7) is 0.801. The van der Waals surface area contributed by atoms with E-state index < -0.39 is 0 Å². The van der Waals surface area contributed by atoms with Gasteiger partial charge in [0.25, 0.3) is 0 Å². The number of nitrogens with one attached hydrogen (secondary N) is 1. The fourth-order valence-electron chi connectivity index (χ4n) is 2.60. The lowest BCUT2D eigenvalue weighted by atomic mass is 10.1. The maximum absolute atomic E-state index is 12.3. The summed E-state index contributed by atoms with van der Waals surface area (Å²) in [5.41, 5.74) is 0.753. The normalized spacial score (nSPS) is 14.0. The van der Waals surface area contributed by atoms with E-state index in [4.69, 9.17) is 14.2 Å². The van der Waals surface area contributed by atoms with Gasteiger partial charge in [-0.2, -0.15) is 0 Å². The second-order valence-corrected chi connectivity index (χ2v) is 6.56. The van der Waals surface area contributed by atoms with Crippen LogP contribution in [0.5, 0.6) is 11.5 Å². The molecule has 3 rings (SSSR count). The van der Waals surface area contributed by atoms with Gasteiger partial charge in [-0.3, -0.25) is 9.59 Å². The molecule has 2 aromatic rings. The molecule has 0 saturated heterocycles. The number of ketones is 2. The molecular formula is C19H19N3O5S. The second-order valence-electron chi connectivity index (χ2n) is 5.71. The standard InChI is InChI=1S/C19H19N3O5S/c1-25-4-5-27-17-8-12-11(6-16(17)26-2)19(21-10-20-12)22-13-7-15(24)18(28-3)9-14(13)23/h6-10H,4-5H2,1-3H3,(H,20,21,22). The van der Waals surface area contributed by atoms with Gasteiger partial charge in [-0.1, -0.05) is 0 Å². The first-order valence-corrected chi connectivity index (χ1v) is 9.57. The van der Waals surface area contributed by atoms with Crippen molar-refractivity contribution in [1.82, 2.24) is 9.97 Å². The Balaban J connectivity index is 1.94. The molecule has 0 aliphatic heterocycles. The number of carbonyl (C=O) groups excluding carboxylic acids is 2. The molecule has 1 aromatic heterocycles. The number of hydrogen-bond donors (Lipinski definition) is 1. The van der Waals surface area contributed by atoms with Crippen LogP contribution in [0.3, 0.4) is 0 Å². The molecular weight excluding hydrogens is 382 g/mol. The maximum Gasteiger partial charge on any atom is 0.203 e. The zero-order valence-electron chi connectivity index (χ0n) is 15.6. The van der Waals surface area contributed by atoms with Crippen molar-refractivity contribution in [1.29, 1.82) is 0 Å². The molecule has 0 saturated carbocycles. The summed E-state index contributed by atoms with van der Waals surface area (Å²) in [7, 11) is 3.12. The molecule has 1 aliphatic rings. The monoisotopic (exact) mass is 401 g/mol. The lowest BCUT2D eigenvalue weighted by Gasteiger charge is -2.15. The van der Waals surface area contributed by atoms with E-state index in [0.29, 0.717) is 46.3 Å². The summed E-state index contributed by atoms with van der Waals surface area (Å²) in [6.07, 6.45) is 5.72. The Morgan fingerprint density at radius 3 is 2.57 bits per heavy atom. The molecule has 0 amide bonds. The van der Waals surface area contributed by atoms with Crippen LogP contribution in [0.4, 0.5) is 5.82 Å². The molecule has 0 fully saturated rings. The zero-order valence-corrected chi connectivity index (χ0v) is 16.5. The zero-order chi connectivity index (χ0) is 20.1. The lowest BCUT2D eigenvalue weighted by Crippen LogP contribution is -2.18. The van der Waals surface area contributed by atoms with Crippen LogP contribution >= 0.6 is 11.8 Å². The summed E-state index contributed by atoms with van der Waals surface area (Å²) in [5.74, 6) is 0.889. The van der Waals surface area contributed by atoms with Crippen LogP contribution in [0, 0.1) is 0 Å². The lowest BCUT2D eigenvalue weighted by molar-refractivity contribution is -0.114. The van der Waals surface area contributed by atoms with Gasteiger partial charge in [0.05, 0.1) is 29.8 Å². The fourth-order valence-corrected chi connectivity index (χ4v) is 3.08. The number of rotatable bonds is 8. The highest BCUT2D eigenvalue weighted by Gasteiger charge is 2.21. The smallest absolute Gasteiger partial charge is 0.203 e. The van der Waals surface area contributed by atoms with Crippen molar-refractivity contribution < 1.29 is 23.8 Å². The number of methoxy groups -OCH3 is 2. The number of allylic oxidation sites excluding steroid dienone is 3. The van der Waals surface area contributed by atoms with Crippen LogP contribution in [-0.4, -0.2) is 55.2 Å². The Morgan fingerprint density at radius 2 is 1.86 bits per heavy atom. The molecule has 1 heterocycles. The first-order valence-electron chi connectivity index (χ1n) is 8.35. The molecule has 146 valence electrons. The topological polar surface area (TPSA) is 99.6 Å². The van der Waals surface area contributed by atoms with Gasteiger partial charge in [-0.05, 0) is 12.3 Å².